The van der Waals surface area contributed by atoms with Crippen molar-refractivity contribution in [3.63, 3.8) is 0 Å². The minimum absolute atomic E-state index is 0.121. The molecular formula is C17H19N3O3. The number of carboxylic acids is 1. The first-order valence-corrected chi connectivity index (χ1v) is 7.64. The topological polar surface area (TPSA) is 75.4 Å². The number of aromatic nitrogens is 2. The summed E-state index contributed by atoms with van der Waals surface area (Å²) in [4.78, 5) is 25.4. The highest BCUT2D eigenvalue weighted by Crippen LogP contribution is 2.26. The smallest absolute Gasteiger partial charge is 0.308 e. The number of benzene rings is 1. The molecule has 3 rings (SSSR count). The number of hydrogen-bond acceptors (Lipinski definition) is 3. The number of aliphatic carboxylic acids is 1. The molecule has 0 spiro atoms. The Morgan fingerprint density at radius 2 is 1.91 bits per heavy atom. The molecule has 1 N–H and O–H groups in total. The second-order valence-electron chi connectivity index (χ2n) is 5.92. The summed E-state index contributed by atoms with van der Waals surface area (Å²) in [6.45, 7) is 4.20. The number of carbonyl (C=O) groups excluding carboxylic acids is 1. The van der Waals surface area contributed by atoms with Crippen molar-refractivity contribution in [2.75, 3.05) is 6.54 Å². The number of rotatable bonds is 3. The molecule has 1 fully saturated rings. The summed E-state index contributed by atoms with van der Waals surface area (Å²) in [6.07, 6.45) is 2.37. The van der Waals surface area contributed by atoms with E-state index in [0.29, 0.717) is 18.5 Å². The zero-order chi connectivity index (χ0) is 16.6. The molecule has 6 nitrogen and oxygen atoms in total. The van der Waals surface area contributed by atoms with Gasteiger partial charge in [-0.25, -0.2) is 4.68 Å². The molecule has 23 heavy (non-hydrogen) atoms. The van der Waals surface area contributed by atoms with E-state index in [0.717, 1.165) is 11.4 Å². The normalized spacial score (nSPS) is 20.7. The molecule has 1 aromatic carbocycles. The van der Waals surface area contributed by atoms with Crippen molar-refractivity contribution in [2.24, 2.45) is 5.92 Å². The lowest BCUT2D eigenvalue weighted by atomic mass is 10.0. The van der Waals surface area contributed by atoms with E-state index in [2.05, 4.69) is 5.10 Å². The lowest BCUT2D eigenvalue weighted by molar-refractivity contribution is -0.142. The first kappa shape index (κ1) is 15.3. The number of carbonyl (C=O) groups is 2. The van der Waals surface area contributed by atoms with Crippen molar-refractivity contribution in [3.8, 4) is 5.69 Å². The molecular weight excluding hydrogens is 294 g/mol. The number of nitrogens with zero attached hydrogens (tertiary/aromatic N) is 3. The van der Waals surface area contributed by atoms with E-state index in [4.69, 9.17) is 0 Å². The van der Waals surface area contributed by atoms with Crippen LogP contribution in [-0.4, -0.2) is 44.3 Å². The summed E-state index contributed by atoms with van der Waals surface area (Å²) in [5.74, 6) is -1.44. The summed E-state index contributed by atoms with van der Waals surface area (Å²) in [7, 11) is 0. The SMILES string of the molecule is Cc1ccn(-c2ccc(C(=O)N3CCC(C(=O)O)C3C)cc2)n1. The summed E-state index contributed by atoms with van der Waals surface area (Å²) >= 11 is 0. The summed E-state index contributed by atoms with van der Waals surface area (Å²) < 4.78 is 1.75. The van der Waals surface area contributed by atoms with E-state index in [1.165, 1.54) is 0 Å². The van der Waals surface area contributed by atoms with Crippen molar-refractivity contribution < 1.29 is 14.7 Å². The molecule has 0 saturated carbocycles. The maximum atomic E-state index is 12.6. The van der Waals surface area contributed by atoms with E-state index in [1.807, 2.05) is 31.3 Å². The number of carboxylic acid groups (broad SMARTS) is 1. The number of likely N-dealkylation sites (tertiary alicyclic amines) is 1. The molecule has 2 atom stereocenters. The number of hydrogen-bond donors (Lipinski definition) is 1. The molecule has 2 unspecified atom stereocenters. The van der Waals surface area contributed by atoms with Crippen LogP contribution in [0.2, 0.25) is 0 Å². The van der Waals surface area contributed by atoms with Gasteiger partial charge in [0.05, 0.1) is 17.3 Å². The van der Waals surface area contributed by atoms with Gasteiger partial charge < -0.3 is 10.0 Å². The largest absolute Gasteiger partial charge is 0.481 e. The lowest BCUT2D eigenvalue weighted by Gasteiger charge is -2.23. The van der Waals surface area contributed by atoms with Crippen LogP contribution in [0.4, 0.5) is 0 Å². The quantitative estimate of drug-likeness (QED) is 0.941. The highest BCUT2D eigenvalue weighted by Gasteiger charge is 2.38. The Kier molecular flexibility index (Phi) is 3.90. The molecule has 1 aromatic heterocycles. The van der Waals surface area contributed by atoms with E-state index in [1.54, 1.807) is 28.6 Å². The third kappa shape index (κ3) is 2.84. The second kappa shape index (κ2) is 5.87. The van der Waals surface area contributed by atoms with Gasteiger partial charge in [-0.05, 0) is 50.6 Å². The van der Waals surface area contributed by atoms with Gasteiger partial charge in [0.15, 0.2) is 0 Å². The van der Waals surface area contributed by atoms with Crippen LogP contribution in [0.5, 0.6) is 0 Å². The van der Waals surface area contributed by atoms with Crippen molar-refractivity contribution in [3.05, 3.63) is 47.8 Å². The predicted octanol–water partition coefficient (Wildman–Crippen LogP) is 2.12. The molecule has 6 heteroatoms. The molecule has 0 aliphatic carbocycles. The van der Waals surface area contributed by atoms with E-state index in [-0.39, 0.29) is 11.9 Å². The Bertz CT molecular complexity index is 736. The maximum absolute atomic E-state index is 12.6. The van der Waals surface area contributed by atoms with Gasteiger partial charge in [0, 0.05) is 24.3 Å². The van der Waals surface area contributed by atoms with Crippen LogP contribution >= 0.6 is 0 Å². The number of amides is 1. The molecule has 0 bridgehead atoms. The van der Waals surface area contributed by atoms with Gasteiger partial charge in [-0.2, -0.15) is 5.10 Å². The molecule has 120 valence electrons. The van der Waals surface area contributed by atoms with Crippen LogP contribution < -0.4 is 0 Å². The average molecular weight is 313 g/mol. The van der Waals surface area contributed by atoms with E-state index >= 15 is 0 Å². The minimum atomic E-state index is -0.836. The first-order chi connectivity index (χ1) is 11.0. The first-order valence-electron chi connectivity index (χ1n) is 7.64. The van der Waals surface area contributed by atoms with Gasteiger partial charge in [-0.1, -0.05) is 0 Å². The van der Waals surface area contributed by atoms with Gasteiger partial charge in [-0.15, -0.1) is 0 Å². The molecule has 1 amide bonds. The van der Waals surface area contributed by atoms with Gasteiger partial charge in [-0.3, -0.25) is 9.59 Å². The molecule has 1 aliphatic rings. The fourth-order valence-electron chi connectivity index (χ4n) is 3.04. The van der Waals surface area contributed by atoms with Gasteiger partial charge in [0.2, 0.25) is 0 Å². The van der Waals surface area contributed by atoms with Crippen LogP contribution in [0, 0.1) is 12.8 Å². The fraction of sp³-hybridized carbons (Fsp3) is 0.353. The van der Waals surface area contributed by atoms with Crippen LogP contribution in [0.3, 0.4) is 0 Å². The zero-order valence-electron chi connectivity index (χ0n) is 13.1. The van der Waals surface area contributed by atoms with E-state index in [9.17, 15) is 14.7 Å². The third-order valence-corrected chi connectivity index (χ3v) is 4.43. The van der Waals surface area contributed by atoms with Crippen LogP contribution in [0.25, 0.3) is 5.69 Å². The van der Waals surface area contributed by atoms with Crippen molar-refractivity contribution >= 4 is 11.9 Å². The summed E-state index contributed by atoms with van der Waals surface area (Å²) in [5.41, 5.74) is 2.37. The van der Waals surface area contributed by atoms with Crippen LogP contribution in [0.1, 0.15) is 29.4 Å². The van der Waals surface area contributed by atoms with Crippen molar-refractivity contribution in [1.82, 2.24) is 14.7 Å². The van der Waals surface area contributed by atoms with Gasteiger partial charge >= 0.3 is 5.97 Å². The molecule has 0 radical (unpaired) electrons. The van der Waals surface area contributed by atoms with Gasteiger partial charge in [0.1, 0.15) is 0 Å². The predicted molar refractivity (Wildman–Crippen MR) is 84.5 cm³/mol. The minimum Gasteiger partial charge on any atom is -0.481 e. The summed E-state index contributed by atoms with van der Waals surface area (Å²) in [6, 6.07) is 8.83. The molecule has 2 aromatic rings. The lowest BCUT2D eigenvalue weighted by Crippen LogP contribution is -2.37. The average Bonchev–Trinajstić information content (AvgIpc) is 3.13. The molecule has 1 saturated heterocycles. The zero-order valence-corrected chi connectivity index (χ0v) is 13.1. The summed E-state index contributed by atoms with van der Waals surface area (Å²) in [5, 5.41) is 13.5. The fourth-order valence-corrected chi connectivity index (χ4v) is 3.04. The Morgan fingerprint density at radius 1 is 1.22 bits per heavy atom. The van der Waals surface area contributed by atoms with Crippen LogP contribution in [-0.2, 0) is 4.79 Å². The second-order valence-corrected chi connectivity index (χ2v) is 5.92. The monoisotopic (exact) mass is 313 g/mol. The van der Waals surface area contributed by atoms with Crippen molar-refractivity contribution in [1.29, 1.82) is 0 Å². The third-order valence-electron chi connectivity index (χ3n) is 4.43. The highest BCUT2D eigenvalue weighted by molar-refractivity contribution is 5.95. The van der Waals surface area contributed by atoms with Gasteiger partial charge in [0.25, 0.3) is 5.91 Å². The molecule has 1 aliphatic heterocycles. The van der Waals surface area contributed by atoms with Crippen LogP contribution in [0.15, 0.2) is 36.5 Å². The van der Waals surface area contributed by atoms with E-state index < -0.39 is 11.9 Å². The maximum Gasteiger partial charge on any atom is 0.308 e. The Balaban J connectivity index is 1.77. The van der Waals surface area contributed by atoms with Crippen molar-refractivity contribution in [2.45, 2.75) is 26.3 Å². The standard InChI is InChI=1S/C17H19N3O3/c1-11-7-10-20(18-11)14-5-3-13(4-6-14)16(21)19-9-8-15(12(19)2)17(22)23/h3-7,10,12,15H,8-9H2,1-2H3,(H,22,23). The highest BCUT2D eigenvalue weighted by atomic mass is 16.4. The Hall–Kier alpha value is -2.63. The number of aryl methyl sites for hydroxylation is 1. The Morgan fingerprint density at radius 3 is 2.43 bits per heavy atom. The molecule has 2 heterocycles. The Labute approximate surface area is 134 Å².